The maximum atomic E-state index is 13.5. The number of ether oxygens (including phenoxy) is 1. The number of urea groups is 1. The summed E-state index contributed by atoms with van der Waals surface area (Å²) in [6.07, 6.45) is 6.01. The highest BCUT2D eigenvalue weighted by atomic mass is 19.2. The van der Waals surface area contributed by atoms with Crippen LogP contribution in [0.2, 0.25) is 0 Å². The van der Waals surface area contributed by atoms with E-state index in [4.69, 9.17) is 4.74 Å². The predicted octanol–water partition coefficient (Wildman–Crippen LogP) is 2.07. The third-order valence-electron chi connectivity index (χ3n) is 5.19. The number of piperidine rings is 1. The summed E-state index contributed by atoms with van der Waals surface area (Å²) in [5, 5.41) is 0. The zero-order valence-corrected chi connectivity index (χ0v) is 16.2. The van der Waals surface area contributed by atoms with Crippen molar-refractivity contribution in [3.63, 3.8) is 0 Å². The van der Waals surface area contributed by atoms with Gasteiger partial charge in [0.25, 0.3) is 0 Å². The second kappa shape index (κ2) is 8.60. The molecule has 0 radical (unpaired) electrons. The van der Waals surface area contributed by atoms with Gasteiger partial charge in [-0.25, -0.2) is 18.6 Å². The zero-order chi connectivity index (χ0) is 21.1. The first kappa shape index (κ1) is 20.0. The van der Waals surface area contributed by atoms with E-state index < -0.39 is 17.7 Å². The molecule has 4 rings (SSSR count). The van der Waals surface area contributed by atoms with Crippen molar-refractivity contribution in [2.24, 2.45) is 0 Å². The van der Waals surface area contributed by atoms with Crippen LogP contribution in [-0.2, 0) is 4.79 Å². The Morgan fingerprint density at radius 1 is 1.17 bits per heavy atom. The Hall–Kier alpha value is -3.30. The number of rotatable bonds is 5. The summed E-state index contributed by atoms with van der Waals surface area (Å²) in [6, 6.07) is 2.91. The number of carbonyl (C=O) groups excluding carboxylic acids is 2. The Labute approximate surface area is 172 Å². The maximum absolute atomic E-state index is 13.5. The molecule has 2 saturated heterocycles. The second-order valence-corrected chi connectivity index (χ2v) is 7.22. The summed E-state index contributed by atoms with van der Waals surface area (Å²) in [7, 11) is 0. The van der Waals surface area contributed by atoms with Crippen molar-refractivity contribution in [2.75, 3.05) is 37.6 Å². The smallest absolute Gasteiger partial charge is 0.325 e. The van der Waals surface area contributed by atoms with Gasteiger partial charge in [0.1, 0.15) is 12.6 Å². The predicted molar refractivity (Wildman–Crippen MR) is 103 cm³/mol. The number of carbonyl (C=O) groups is 2. The highest BCUT2D eigenvalue weighted by molar-refractivity contribution is 5.96. The van der Waals surface area contributed by atoms with E-state index in [9.17, 15) is 18.4 Å². The number of nitrogens with zero attached hydrogens (tertiary/aromatic N) is 5. The molecule has 158 valence electrons. The molecule has 8 nitrogen and oxygen atoms in total. The lowest BCUT2D eigenvalue weighted by molar-refractivity contribution is -0.134. The van der Waals surface area contributed by atoms with Crippen LogP contribution in [0.25, 0.3) is 0 Å². The van der Waals surface area contributed by atoms with Gasteiger partial charge in [0.2, 0.25) is 11.8 Å². The topological polar surface area (TPSA) is 78.9 Å². The summed E-state index contributed by atoms with van der Waals surface area (Å²) < 4.78 is 32.4. The molecule has 2 aliphatic heterocycles. The fourth-order valence-electron chi connectivity index (χ4n) is 3.66. The van der Waals surface area contributed by atoms with E-state index in [1.165, 1.54) is 22.1 Å². The van der Waals surface area contributed by atoms with Crippen LogP contribution in [0.5, 0.6) is 5.88 Å². The molecule has 0 spiro atoms. The van der Waals surface area contributed by atoms with Crippen LogP contribution in [0.4, 0.5) is 19.3 Å². The lowest BCUT2D eigenvalue weighted by Gasteiger charge is -2.33. The molecule has 2 fully saturated rings. The Morgan fingerprint density at radius 3 is 2.80 bits per heavy atom. The summed E-state index contributed by atoms with van der Waals surface area (Å²) in [6.45, 7) is 1.56. The molecule has 2 aromatic rings. The second-order valence-electron chi connectivity index (χ2n) is 7.22. The van der Waals surface area contributed by atoms with Gasteiger partial charge in [-0.3, -0.25) is 14.7 Å². The van der Waals surface area contributed by atoms with Crippen LogP contribution in [0.15, 0.2) is 36.8 Å². The van der Waals surface area contributed by atoms with Gasteiger partial charge in [0.15, 0.2) is 11.6 Å². The SMILES string of the molecule is O=C(CN1CCN(c2ccc(F)c(F)c2)C1=O)N1CCCC(Oc2cnccn2)C1. The lowest BCUT2D eigenvalue weighted by Crippen LogP contribution is -2.48. The molecule has 1 aromatic carbocycles. The van der Waals surface area contributed by atoms with Crippen LogP contribution in [0.3, 0.4) is 0 Å². The molecule has 0 bridgehead atoms. The highest BCUT2D eigenvalue weighted by Crippen LogP contribution is 2.23. The van der Waals surface area contributed by atoms with Crippen molar-refractivity contribution >= 4 is 17.6 Å². The van der Waals surface area contributed by atoms with Gasteiger partial charge < -0.3 is 14.5 Å². The minimum Gasteiger partial charge on any atom is -0.471 e. The molecule has 30 heavy (non-hydrogen) atoms. The molecular weight excluding hydrogens is 396 g/mol. The fraction of sp³-hybridized carbons (Fsp3) is 0.400. The number of likely N-dealkylation sites (tertiary alicyclic amines) is 1. The van der Waals surface area contributed by atoms with E-state index >= 15 is 0 Å². The third-order valence-corrected chi connectivity index (χ3v) is 5.19. The average molecular weight is 417 g/mol. The summed E-state index contributed by atoms with van der Waals surface area (Å²) in [5.74, 6) is -1.75. The van der Waals surface area contributed by atoms with Gasteiger partial charge in [0, 0.05) is 43.8 Å². The first-order chi connectivity index (χ1) is 14.5. The molecule has 0 N–H and O–H groups in total. The van der Waals surface area contributed by atoms with Crippen LogP contribution >= 0.6 is 0 Å². The van der Waals surface area contributed by atoms with E-state index in [0.717, 1.165) is 25.0 Å². The van der Waals surface area contributed by atoms with Gasteiger partial charge in [-0.2, -0.15) is 0 Å². The van der Waals surface area contributed by atoms with Crippen molar-refractivity contribution in [1.82, 2.24) is 19.8 Å². The number of hydrogen-bond acceptors (Lipinski definition) is 5. The molecule has 3 heterocycles. The molecule has 10 heteroatoms. The number of amides is 3. The van der Waals surface area contributed by atoms with E-state index in [0.29, 0.717) is 32.1 Å². The molecule has 1 atom stereocenters. The van der Waals surface area contributed by atoms with Crippen LogP contribution in [0.1, 0.15) is 12.8 Å². The van der Waals surface area contributed by atoms with Crippen molar-refractivity contribution in [3.8, 4) is 5.88 Å². The Morgan fingerprint density at radius 2 is 2.03 bits per heavy atom. The largest absolute Gasteiger partial charge is 0.471 e. The molecule has 0 aliphatic carbocycles. The van der Waals surface area contributed by atoms with E-state index in [-0.39, 0.29) is 24.2 Å². The van der Waals surface area contributed by atoms with Gasteiger partial charge in [-0.15, -0.1) is 0 Å². The van der Waals surface area contributed by atoms with E-state index in [1.54, 1.807) is 17.3 Å². The van der Waals surface area contributed by atoms with Gasteiger partial charge in [-0.05, 0) is 25.0 Å². The van der Waals surface area contributed by atoms with Crippen molar-refractivity contribution in [1.29, 1.82) is 0 Å². The number of aromatic nitrogens is 2. The van der Waals surface area contributed by atoms with E-state index in [2.05, 4.69) is 9.97 Å². The number of hydrogen-bond donors (Lipinski definition) is 0. The quantitative estimate of drug-likeness (QED) is 0.744. The van der Waals surface area contributed by atoms with Crippen LogP contribution < -0.4 is 9.64 Å². The Balaban J connectivity index is 1.34. The number of halogens is 2. The zero-order valence-electron chi connectivity index (χ0n) is 16.2. The third kappa shape index (κ3) is 4.32. The maximum Gasteiger partial charge on any atom is 0.325 e. The summed E-state index contributed by atoms with van der Waals surface area (Å²) >= 11 is 0. The van der Waals surface area contributed by atoms with Gasteiger partial charge in [0.05, 0.1) is 12.7 Å². The molecule has 0 saturated carbocycles. The molecule has 3 amide bonds. The fourth-order valence-corrected chi connectivity index (χ4v) is 3.66. The van der Waals surface area contributed by atoms with Crippen molar-refractivity contribution in [3.05, 3.63) is 48.4 Å². The standard InChI is InChI=1S/C20H21F2N5O3/c21-16-4-3-14(10-17(16)22)27-9-8-26(20(27)29)13-19(28)25-7-1-2-15(12-25)30-18-11-23-5-6-24-18/h3-6,10-11,15H,1-2,7-9,12-13H2. The average Bonchev–Trinajstić information content (AvgIpc) is 3.11. The Kier molecular flexibility index (Phi) is 5.73. The molecule has 1 aromatic heterocycles. The Bertz CT molecular complexity index is 930. The van der Waals surface area contributed by atoms with E-state index in [1.807, 2.05) is 0 Å². The van der Waals surface area contributed by atoms with Crippen LogP contribution in [-0.4, -0.2) is 70.5 Å². The highest BCUT2D eigenvalue weighted by Gasteiger charge is 2.33. The number of benzene rings is 1. The van der Waals surface area contributed by atoms with Crippen LogP contribution in [0, 0.1) is 11.6 Å². The monoisotopic (exact) mass is 417 g/mol. The van der Waals surface area contributed by atoms with Crippen molar-refractivity contribution < 1.29 is 23.1 Å². The normalized spacial score (nSPS) is 19.3. The van der Waals surface area contributed by atoms with Gasteiger partial charge in [-0.1, -0.05) is 0 Å². The number of anilines is 1. The minimum atomic E-state index is -1.02. The lowest BCUT2D eigenvalue weighted by atomic mass is 10.1. The summed E-state index contributed by atoms with van der Waals surface area (Å²) in [4.78, 5) is 37.9. The van der Waals surface area contributed by atoms with Crippen molar-refractivity contribution in [2.45, 2.75) is 18.9 Å². The first-order valence-electron chi connectivity index (χ1n) is 9.73. The molecule has 2 aliphatic rings. The van der Waals surface area contributed by atoms with Gasteiger partial charge >= 0.3 is 6.03 Å². The first-order valence-corrected chi connectivity index (χ1v) is 9.73. The summed E-state index contributed by atoms with van der Waals surface area (Å²) in [5.41, 5.74) is 0.268. The minimum absolute atomic E-state index is 0.0725. The molecular formula is C20H21F2N5O3. The molecule has 1 unspecified atom stereocenters.